The van der Waals surface area contributed by atoms with E-state index in [0.717, 1.165) is 12.0 Å². The van der Waals surface area contributed by atoms with Gasteiger partial charge in [0.25, 0.3) is 0 Å². The second-order valence-electron chi connectivity index (χ2n) is 3.61. The van der Waals surface area contributed by atoms with Crippen LogP contribution in [0.25, 0.3) is 0 Å². The Morgan fingerprint density at radius 2 is 1.80 bits per heavy atom. The Labute approximate surface area is 92.2 Å². The van der Waals surface area contributed by atoms with Gasteiger partial charge < -0.3 is 9.47 Å². The van der Waals surface area contributed by atoms with Gasteiger partial charge in [-0.1, -0.05) is 37.6 Å². The summed E-state index contributed by atoms with van der Waals surface area (Å²) in [6.45, 7) is 2.20. The number of ether oxygens (including phenoxy) is 2. The van der Waals surface area contributed by atoms with Crippen LogP contribution in [0.1, 0.15) is 37.2 Å². The summed E-state index contributed by atoms with van der Waals surface area (Å²) in [7, 11) is 3.34. The van der Waals surface area contributed by atoms with E-state index in [0.29, 0.717) is 0 Å². The minimum Gasteiger partial charge on any atom is -0.352 e. The SMILES string of the molecule is CCCCc1ccccc1C(OC)OC. The summed E-state index contributed by atoms with van der Waals surface area (Å²) >= 11 is 0. The summed E-state index contributed by atoms with van der Waals surface area (Å²) in [6, 6.07) is 8.31. The average Bonchev–Trinajstić information content (AvgIpc) is 2.29. The van der Waals surface area contributed by atoms with Crippen LogP contribution < -0.4 is 0 Å². The van der Waals surface area contributed by atoms with Gasteiger partial charge in [0, 0.05) is 19.8 Å². The molecule has 0 aromatic heterocycles. The molecule has 0 heterocycles. The molecule has 0 saturated carbocycles. The number of aryl methyl sites for hydroxylation is 1. The molecule has 0 bridgehead atoms. The summed E-state index contributed by atoms with van der Waals surface area (Å²) in [4.78, 5) is 0. The molecule has 0 aliphatic rings. The van der Waals surface area contributed by atoms with Crippen LogP contribution in [0.5, 0.6) is 0 Å². The highest BCUT2D eigenvalue weighted by Crippen LogP contribution is 2.22. The number of methoxy groups -OCH3 is 2. The molecule has 1 aromatic rings. The first-order valence-electron chi connectivity index (χ1n) is 5.46. The lowest BCUT2D eigenvalue weighted by molar-refractivity contribution is -0.106. The molecular formula is C13H20O2. The van der Waals surface area contributed by atoms with E-state index in [2.05, 4.69) is 25.1 Å². The van der Waals surface area contributed by atoms with Crippen LogP contribution in [-0.2, 0) is 15.9 Å². The molecular weight excluding hydrogens is 188 g/mol. The number of hydrogen-bond donors (Lipinski definition) is 0. The first kappa shape index (κ1) is 12.2. The van der Waals surface area contributed by atoms with Crippen LogP contribution in [0, 0.1) is 0 Å². The Morgan fingerprint density at radius 1 is 1.13 bits per heavy atom. The minimum absolute atomic E-state index is 0.238. The van der Waals surface area contributed by atoms with Gasteiger partial charge >= 0.3 is 0 Å². The standard InChI is InChI=1S/C13H20O2/c1-4-5-8-11-9-6-7-10-12(11)13(14-2)15-3/h6-7,9-10,13H,4-5,8H2,1-3H3. The Bertz CT molecular complexity index is 280. The molecule has 0 fully saturated rings. The summed E-state index contributed by atoms with van der Waals surface area (Å²) in [5.74, 6) is 0. The molecule has 2 heteroatoms. The van der Waals surface area contributed by atoms with Crippen molar-refractivity contribution in [1.29, 1.82) is 0 Å². The maximum atomic E-state index is 5.28. The van der Waals surface area contributed by atoms with E-state index in [1.54, 1.807) is 14.2 Å². The summed E-state index contributed by atoms with van der Waals surface area (Å²) in [5, 5.41) is 0. The third kappa shape index (κ3) is 3.33. The van der Waals surface area contributed by atoms with E-state index >= 15 is 0 Å². The summed E-state index contributed by atoms with van der Waals surface area (Å²) in [5.41, 5.74) is 2.48. The number of hydrogen-bond acceptors (Lipinski definition) is 2. The fourth-order valence-electron chi connectivity index (χ4n) is 1.71. The largest absolute Gasteiger partial charge is 0.352 e. The lowest BCUT2D eigenvalue weighted by Gasteiger charge is -2.17. The number of benzene rings is 1. The highest BCUT2D eigenvalue weighted by atomic mass is 16.7. The lowest BCUT2D eigenvalue weighted by Crippen LogP contribution is -2.07. The predicted octanol–water partition coefficient (Wildman–Crippen LogP) is 3.32. The quantitative estimate of drug-likeness (QED) is 0.668. The molecule has 0 atom stereocenters. The molecule has 0 amide bonds. The van der Waals surface area contributed by atoms with Crippen molar-refractivity contribution in [2.24, 2.45) is 0 Å². The molecule has 0 radical (unpaired) electrons. The predicted molar refractivity (Wildman–Crippen MR) is 61.8 cm³/mol. The van der Waals surface area contributed by atoms with Crippen molar-refractivity contribution in [3.63, 3.8) is 0 Å². The maximum Gasteiger partial charge on any atom is 0.183 e. The van der Waals surface area contributed by atoms with Crippen LogP contribution >= 0.6 is 0 Å². The van der Waals surface area contributed by atoms with Crippen molar-refractivity contribution < 1.29 is 9.47 Å². The zero-order valence-electron chi connectivity index (χ0n) is 9.82. The Kier molecular flexibility index (Phi) is 5.37. The Morgan fingerprint density at radius 3 is 2.40 bits per heavy atom. The fourth-order valence-corrected chi connectivity index (χ4v) is 1.71. The van der Waals surface area contributed by atoms with Crippen LogP contribution in [0.3, 0.4) is 0 Å². The molecule has 2 nitrogen and oxygen atoms in total. The zero-order chi connectivity index (χ0) is 11.1. The van der Waals surface area contributed by atoms with Crippen molar-refractivity contribution in [2.45, 2.75) is 32.5 Å². The fraction of sp³-hybridized carbons (Fsp3) is 0.538. The smallest absolute Gasteiger partial charge is 0.183 e. The summed E-state index contributed by atoms with van der Waals surface area (Å²) in [6.07, 6.45) is 3.27. The third-order valence-corrected chi connectivity index (χ3v) is 2.54. The first-order chi connectivity index (χ1) is 7.33. The highest BCUT2D eigenvalue weighted by molar-refractivity contribution is 5.28. The first-order valence-corrected chi connectivity index (χ1v) is 5.46. The summed E-state index contributed by atoms with van der Waals surface area (Å²) < 4.78 is 10.6. The van der Waals surface area contributed by atoms with Crippen molar-refractivity contribution in [1.82, 2.24) is 0 Å². The van der Waals surface area contributed by atoms with Gasteiger partial charge in [0.1, 0.15) is 0 Å². The van der Waals surface area contributed by atoms with E-state index in [1.807, 2.05) is 6.07 Å². The van der Waals surface area contributed by atoms with E-state index in [1.165, 1.54) is 18.4 Å². The Hall–Kier alpha value is -0.860. The molecule has 0 unspecified atom stereocenters. The minimum atomic E-state index is -0.238. The van der Waals surface area contributed by atoms with Crippen LogP contribution in [0.2, 0.25) is 0 Å². The van der Waals surface area contributed by atoms with Crippen LogP contribution in [-0.4, -0.2) is 14.2 Å². The van der Waals surface area contributed by atoms with Crippen LogP contribution in [0.15, 0.2) is 24.3 Å². The van der Waals surface area contributed by atoms with Gasteiger partial charge in [-0.25, -0.2) is 0 Å². The van der Waals surface area contributed by atoms with E-state index in [4.69, 9.17) is 9.47 Å². The van der Waals surface area contributed by atoms with Gasteiger partial charge in [-0.15, -0.1) is 0 Å². The molecule has 1 aromatic carbocycles. The van der Waals surface area contributed by atoms with Crippen molar-refractivity contribution >= 4 is 0 Å². The van der Waals surface area contributed by atoms with E-state index < -0.39 is 0 Å². The van der Waals surface area contributed by atoms with Crippen molar-refractivity contribution in [3.05, 3.63) is 35.4 Å². The molecule has 15 heavy (non-hydrogen) atoms. The third-order valence-electron chi connectivity index (χ3n) is 2.54. The monoisotopic (exact) mass is 208 g/mol. The lowest BCUT2D eigenvalue weighted by atomic mass is 10.0. The van der Waals surface area contributed by atoms with Crippen LogP contribution in [0.4, 0.5) is 0 Å². The number of rotatable bonds is 6. The van der Waals surface area contributed by atoms with Crippen molar-refractivity contribution in [3.8, 4) is 0 Å². The normalized spacial score (nSPS) is 10.9. The number of unbranched alkanes of at least 4 members (excludes halogenated alkanes) is 1. The highest BCUT2D eigenvalue weighted by Gasteiger charge is 2.12. The molecule has 0 spiro atoms. The molecule has 1 rings (SSSR count). The topological polar surface area (TPSA) is 18.5 Å². The van der Waals surface area contributed by atoms with E-state index in [9.17, 15) is 0 Å². The van der Waals surface area contributed by atoms with Crippen molar-refractivity contribution in [2.75, 3.05) is 14.2 Å². The van der Waals surface area contributed by atoms with Gasteiger partial charge in [-0.2, -0.15) is 0 Å². The molecule has 0 N–H and O–H groups in total. The van der Waals surface area contributed by atoms with Gasteiger partial charge in [-0.05, 0) is 18.4 Å². The molecule has 0 aliphatic heterocycles. The second-order valence-corrected chi connectivity index (χ2v) is 3.61. The molecule has 84 valence electrons. The average molecular weight is 208 g/mol. The van der Waals surface area contributed by atoms with Gasteiger partial charge in [0.15, 0.2) is 6.29 Å². The maximum absolute atomic E-state index is 5.28. The second kappa shape index (κ2) is 6.59. The van der Waals surface area contributed by atoms with E-state index in [-0.39, 0.29) is 6.29 Å². The van der Waals surface area contributed by atoms with Gasteiger partial charge in [-0.3, -0.25) is 0 Å². The van der Waals surface area contributed by atoms with Gasteiger partial charge in [0.2, 0.25) is 0 Å². The molecule has 0 saturated heterocycles. The van der Waals surface area contributed by atoms with Gasteiger partial charge in [0.05, 0.1) is 0 Å². The molecule has 0 aliphatic carbocycles. The Balaban J connectivity index is 2.84. The zero-order valence-corrected chi connectivity index (χ0v) is 9.82.